The standard InChI is InChI=1S/C14H7Cl2F3N2/c15-6-12-20-13-8(16)2-1-3-11(13)21(12)14-9(18)4-7(17)5-10(14)19/h1-5H,6H2. The molecule has 1 aromatic heterocycles. The van der Waals surface area contributed by atoms with Crippen LogP contribution >= 0.6 is 23.2 Å². The molecule has 7 heteroatoms. The van der Waals surface area contributed by atoms with Gasteiger partial charge in [0.05, 0.1) is 16.4 Å². The quantitative estimate of drug-likeness (QED) is 0.615. The van der Waals surface area contributed by atoms with Crippen molar-refractivity contribution < 1.29 is 13.2 Å². The first-order chi connectivity index (χ1) is 10.0. The molecule has 3 aromatic rings. The summed E-state index contributed by atoms with van der Waals surface area (Å²) in [6.07, 6.45) is 0. The molecular formula is C14H7Cl2F3N2. The summed E-state index contributed by atoms with van der Waals surface area (Å²) in [6.45, 7) is 0. The van der Waals surface area contributed by atoms with Gasteiger partial charge in [-0.2, -0.15) is 0 Å². The maximum absolute atomic E-state index is 14.0. The first-order valence-corrected chi connectivity index (χ1v) is 6.81. The molecule has 0 amide bonds. The first kappa shape index (κ1) is 14.2. The lowest BCUT2D eigenvalue weighted by molar-refractivity contribution is 0.534. The summed E-state index contributed by atoms with van der Waals surface area (Å²) in [5.41, 5.74) is 0.331. The minimum Gasteiger partial charge on any atom is -0.290 e. The number of hydrogen-bond donors (Lipinski definition) is 0. The molecule has 0 spiro atoms. The predicted octanol–water partition coefficient (Wildman–Crippen LogP) is 4.84. The van der Waals surface area contributed by atoms with Crippen molar-refractivity contribution in [1.82, 2.24) is 9.55 Å². The van der Waals surface area contributed by atoms with E-state index in [9.17, 15) is 13.2 Å². The van der Waals surface area contributed by atoms with Crippen LogP contribution in [0.2, 0.25) is 5.02 Å². The Morgan fingerprint density at radius 2 is 1.76 bits per heavy atom. The average molecular weight is 331 g/mol. The van der Waals surface area contributed by atoms with E-state index >= 15 is 0 Å². The van der Waals surface area contributed by atoms with Gasteiger partial charge in [0.2, 0.25) is 0 Å². The predicted molar refractivity (Wildman–Crippen MR) is 75.5 cm³/mol. The molecule has 2 nitrogen and oxygen atoms in total. The van der Waals surface area contributed by atoms with Crippen LogP contribution in [0.15, 0.2) is 30.3 Å². The highest BCUT2D eigenvalue weighted by Gasteiger charge is 2.20. The maximum atomic E-state index is 14.0. The Kier molecular flexibility index (Phi) is 3.55. The number of halogens is 5. The van der Waals surface area contributed by atoms with E-state index in [4.69, 9.17) is 23.2 Å². The summed E-state index contributed by atoms with van der Waals surface area (Å²) in [5.74, 6) is -2.95. The summed E-state index contributed by atoms with van der Waals surface area (Å²) in [6, 6.07) is 6.04. The van der Waals surface area contributed by atoms with Gasteiger partial charge < -0.3 is 0 Å². The van der Waals surface area contributed by atoms with Crippen molar-refractivity contribution in [2.75, 3.05) is 0 Å². The van der Waals surface area contributed by atoms with E-state index < -0.39 is 23.1 Å². The third kappa shape index (κ3) is 2.26. The van der Waals surface area contributed by atoms with E-state index in [0.717, 1.165) is 0 Å². The van der Waals surface area contributed by atoms with Gasteiger partial charge in [0.25, 0.3) is 0 Å². The van der Waals surface area contributed by atoms with Crippen LogP contribution in [0, 0.1) is 17.5 Å². The second kappa shape index (κ2) is 5.24. The van der Waals surface area contributed by atoms with Crippen molar-refractivity contribution in [3.63, 3.8) is 0 Å². The Labute approximate surface area is 127 Å². The number of hydrogen-bond acceptors (Lipinski definition) is 1. The van der Waals surface area contributed by atoms with E-state index in [2.05, 4.69) is 4.98 Å². The fourth-order valence-electron chi connectivity index (χ4n) is 2.20. The number of aromatic nitrogens is 2. The molecule has 3 rings (SSSR count). The zero-order chi connectivity index (χ0) is 15.1. The summed E-state index contributed by atoms with van der Waals surface area (Å²) < 4.78 is 42.3. The largest absolute Gasteiger partial charge is 0.290 e. The number of benzene rings is 2. The molecule has 0 aliphatic rings. The van der Waals surface area contributed by atoms with E-state index in [1.165, 1.54) is 4.57 Å². The highest BCUT2D eigenvalue weighted by molar-refractivity contribution is 6.35. The van der Waals surface area contributed by atoms with Crippen molar-refractivity contribution in [1.29, 1.82) is 0 Å². The minimum absolute atomic E-state index is 0.0821. The van der Waals surface area contributed by atoms with Crippen LogP contribution in [0.25, 0.3) is 16.7 Å². The van der Waals surface area contributed by atoms with Gasteiger partial charge in [-0.15, -0.1) is 11.6 Å². The molecule has 0 bridgehead atoms. The second-order valence-electron chi connectivity index (χ2n) is 4.32. The molecule has 0 unspecified atom stereocenters. The molecule has 0 N–H and O–H groups in total. The van der Waals surface area contributed by atoms with Gasteiger partial charge in [0.15, 0.2) is 11.6 Å². The molecule has 1 heterocycles. The number of fused-ring (bicyclic) bond motifs is 1. The van der Waals surface area contributed by atoms with Crippen LogP contribution in [-0.4, -0.2) is 9.55 Å². The van der Waals surface area contributed by atoms with Crippen molar-refractivity contribution in [3.8, 4) is 5.69 Å². The number of nitrogens with zero attached hydrogens (tertiary/aromatic N) is 2. The zero-order valence-corrected chi connectivity index (χ0v) is 11.9. The van der Waals surface area contributed by atoms with E-state index in [1.54, 1.807) is 18.2 Å². The van der Waals surface area contributed by atoms with Gasteiger partial charge in [0, 0.05) is 12.1 Å². The van der Waals surface area contributed by atoms with Gasteiger partial charge in [-0.25, -0.2) is 18.2 Å². The first-order valence-electron chi connectivity index (χ1n) is 5.89. The Morgan fingerprint density at radius 1 is 1.10 bits per heavy atom. The summed E-state index contributed by atoms with van der Waals surface area (Å²) in [4.78, 5) is 4.18. The zero-order valence-electron chi connectivity index (χ0n) is 10.4. The van der Waals surface area contributed by atoms with Crippen molar-refractivity contribution in [3.05, 3.63) is 58.6 Å². The third-order valence-corrected chi connectivity index (χ3v) is 3.57. The summed E-state index contributed by atoms with van der Waals surface area (Å²) >= 11 is 11.8. The van der Waals surface area contributed by atoms with Crippen molar-refractivity contribution in [2.24, 2.45) is 0 Å². The molecule has 0 atom stereocenters. The van der Waals surface area contributed by atoms with E-state index in [0.29, 0.717) is 28.2 Å². The van der Waals surface area contributed by atoms with Gasteiger partial charge in [-0.3, -0.25) is 4.57 Å². The lowest BCUT2D eigenvalue weighted by atomic mass is 10.2. The third-order valence-electron chi connectivity index (χ3n) is 3.03. The monoisotopic (exact) mass is 330 g/mol. The number of alkyl halides is 1. The number of rotatable bonds is 2. The summed E-state index contributed by atoms with van der Waals surface area (Å²) in [7, 11) is 0. The normalized spacial score (nSPS) is 11.3. The molecule has 0 aliphatic carbocycles. The molecule has 108 valence electrons. The van der Waals surface area contributed by atoms with E-state index in [-0.39, 0.29) is 11.7 Å². The van der Waals surface area contributed by atoms with E-state index in [1.807, 2.05) is 0 Å². The fourth-order valence-corrected chi connectivity index (χ4v) is 2.59. The molecule has 2 aromatic carbocycles. The van der Waals surface area contributed by atoms with Gasteiger partial charge in [-0.05, 0) is 12.1 Å². The Hall–Kier alpha value is -1.72. The van der Waals surface area contributed by atoms with Gasteiger partial charge in [-0.1, -0.05) is 17.7 Å². The lowest BCUT2D eigenvalue weighted by Gasteiger charge is -2.10. The van der Waals surface area contributed by atoms with Crippen LogP contribution in [-0.2, 0) is 5.88 Å². The second-order valence-corrected chi connectivity index (χ2v) is 5.00. The minimum atomic E-state index is -1.04. The van der Waals surface area contributed by atoms with Gasteiger partial charge >= 0.3 is 0 Å². The molecule has 21 heavy (non-hydrogen) atoms. The van der Waals surface area contributed by atoms with Crippen molar-refractivity contribution >= 4 is 34.2 Å². The molecule has 0 fully saturated rings. The SMILES string of the molecule is Fc1cc(F)c(-n2c(CCl)nc3c(Cl)cccc32)c(F)c1. The summed E-state index contributed by atoms with van der Waals surface area (Å²) in [5, 5.41) is 0.334. The van der Waals surface area contributed by atoms with Crippen LogP contribution in [0.4, 0.5) is 13.2 Å². The maximum Gasteiger partial charge on any atom is 0.153 e. The average Bonchev–Trinajstić information content (AvgIpc) is 2.78. The molecule has 0 aliphatic heterocycles. The van der Waals surface area contributed by atoms with Crippen LogP contribution < -0.4 is 0 Å². The molecular weight excluding hydrogens is 324 g/mol. The molecule has 0 saturated heterocycles. The Bertz CT molecular complexity index is 823. The smallest absolute Gasteiger partial charge is 0.153 e. The van der Waals surface area contributed by atoms with Crippen LogP contribution in [0.1, 0.15) is 5.82 Å². The highest BCUT2D eigenvalue weighted by Crippen LogP contribution is 2.30. The molecule has 0 radical (unpaired) electrons. The van der Waals surface area contributed by atoms with Gasteiger partial charge in [0.1, 0.15) is 22.8 Å². The number of imidazole rings is 1. The topological polar surface area (TPSA) is 17.8 Å². The lowest BCUT2D eigenvalue weighted by Crippen LogP contribution is -2.06. The van der Waals surface area contributed by atoms with Crippen molar-refractivity contribution in [2.45, 2.75) is 5.88 Å². The molecule has 0 saturated carbocycles. The number of para-hydroxylation sites is 1. The van der Waals surface area contributed by atoms with Crippen LogP contribution in [0.3, 0.4) is 0 Å². The fraction of sp³-hybridized carbons (Fsp3) is 0.0714. The van der Waals surface area contributed by atoms with Crippen LogP contribution in [0.5, 0.6) is 0 Å². The highest BCUT2D eigenvalue weighted by atomic mass is 35.5. The Morgan fingerprint density at radius 3 is 2.38 bits per heavy atom. The Balaban J connectivity index is 2.42.